The van der Waals surface area contributed by atoms with Crippen molar-refractivity contribution in [3.8, 4) is 0 Å². The van der Waals surface area contributed by atoms with E-state index in [2.05, 4.69) is 29.3 Å². The van der Waals surface area contributed by atoms with Gasteiger partial charge in [0.15, 0.2) is 0 Å². The van der Waals surface area contributed by atoms with Crippen molar-refractivity contribution < 1.29 is 0 Å². The molecule has 0 saturated carbocycles. The minimum absolute atomic E-state index is 0.0687. The van der Waals surface area contributed by atoms with Crippen LogP contribution < -0.4 is 10.6 Å². The maximum atomic E-state index is 6.06. The van der Waals surface area contributed by atoms with Crippen molar-refractivity contribution in [2.75, 3.05) is 0 Å². The Labute approximate surface area is 88.8 Å². The summed E-state index contributed by atoms with van der Waals surface area (Å²) in [4.78, 5) is 0. The van der Waals surface area contributed by atoms with Crippen LogP contribution in [0.4, 0.5) is 0 Å². The van der Waals surface area contributed by atoms with E-state index in [-0.39, 0.29) is 5.50 Å². The molecule has 4 heteroatoms. The van der Waals surface area contributed by atoms with E-state index in [1.165, 1.54) is 12.1 Å². The van der Waals surface area contributed by atoms with E-state index in [0.717, 1.165) is 17.9 Å². The molecule has 0 aromatic heterocycles. The molecule has 0 aromatic rings. The Morgan fingerprint density at radius 2 is 2.46 bits per heavy atom. The van der Waals surface area contributed by atoms with Gasteiger partial charge in [0.25, 0.3) is 0 Å². The fourth-order valence-corrected chi connectivity index (χ4v) is 2.28. The molecule has 0 bridgehead atoms. The predicted octanol–water partition coefficient (Wildman–Crippen LogP) is 2.16. The quantitative estimate of drug-likeness (QED) is 0.617. The summed E-state index contributed by atoms with van der Waals surface area (Å²) in [6.07, 6.45) is 7.40. The monoisotopic (exact) mass is 216 g/mol. The molecule has 0 amide bonds. The van der Waals surface area contributed by atoms with Crippen molar-refractivity contribution in [3.05, 3.63) is 23.0 Å². The number of thiol groups is 1. The van der Waals surface area contributed by atoms with E-state index in [9.17, 15) is 0 Å². The zero-order valence-corrected chi connectivity index (χ0v) is 8.91. The molecule has 0 fully saturated rings. The number of halogens is 1. The number of hydrogen-bond donors (Lipinski definition) is 3. The first-order valence-electron chi connectivity index (χ1n) is 4.51. The molecule has 13 heavy (non-hydrogen) atoms. The highest BCUT2D eigenvalue weighted by molar-refractivity contribution is 7.80. The molecule has 0 radical (unpaired) electrons. The van der Waals surface area contributed by atoms with Crippen molar-refractivity contribution in [1.82, 2.24) is 10.6 Å². The molecule has 72 valence electrons. The molecular formula is C9H13ClN2S. The van der Waals surface area contributed by atoms with Crippen LogP contribution in [0, 0.1) is 5.92 Å². The third-order valence-electron chi connectivity index (χ3n) is 2.45. The Balaban J connectivity index is 1.88. The lowest BCUT2D eigenvalue weighted by Crippen LogP contribution is -2.25. The predicted molar refractivity (Wildman–Crippen MR) is 58.4 cm³/mol. The molecule has 2 nitrogen and oxygen atoms in total. The van der Waals surface area contributed by atoms with E-state index in [1.807, 2.05) is 6.20 Å². The van der Waals surface area contributed by atoms with Crippen molar-refractivity contribution in [2.45, 2.75) is 24.8 Å². The molecule has 0 spiro atoms. The second kappa shape index (κ2) is 3.84. The van der Waals surface area contributed by atoms with E-state index >= 15 is 0 Å². The van der Waals surface area contributed by atoms with Gasteiger partial charge in [0.05, 0.1) is 0 Å². The molecular weight excluding hydrogens is 204 g/mol. The van der Waals surface area contributed by atoms with Gasteiger partial charge >= 0.3 is 0 Å². The van der Waals surface area contributed by atoms with Crippen LogP contribution in [0.1, 0.15) is 19.3 Å². The summed E-state index contributed by atoms with van der Waals surface area (Å²) in [5.74, 6) is 0.515. The minimum atomic E-state index is 0.0687. The third kappa shape index (κ3) is 2.15. The van der Waals surface area contributed by atoms with E-state index in [4.69, 9.17) is 11.6 Å². The number of hydrogen-bond acceptors (Lipinski definition) is 3. The summed E-state index contributed by atoms with van der Waals surface area (Å²) in [5, 5.41) is 7.34. The topological polar surface area (TPSA) is 24.1 Å². The van der Waals surface area contributed by atoms with Crippen molar-refractivity contribution >= 4 is 24.2 Å². The standard InChI is InChI=1S/C9H13ClN2S/c10-8-3-1-2-6(8)4-7-5-11-9(13)12-7/h3,5-6,9,11-13H,1-2,4H2. The first-order chi connectivity index (χ1) is 6.25. The van der Waals surface area contributed by atoms with E-state index in [0.29, 0.717) is 5.92 Å². The molecule has 0 saturated heterocycles. The Morgan fingerprint density at radius 3 is 3.00 bits per heavy atom. The molecule has 2 aliphatic rings. The van der Waals surface area contributed by atoms with Crippen LogP contribution in [-0.4, -0.2) is 5.50 Å². The number of rotatable bonds is 2. The molecule has 1 aliphatic carbocycles. The highest BCUT2D eigenvalue weighted by Crippen LogP contribution is 2.33. The lowest BCUT2D eigenvalue weighted by molar-refractivity contribution is 0.592. The summed E-state index contributed by atoms with van der Waals surface area (Å²) in [6.45, 7) is 0. The van der Waals surface area contributed by atoms with Gasteiger partial charge in [0.2, 0.25) is 0 Å². The average Bonchev–Trinajstić information content (AvgIpc) is 2.64. The summed E-state index contributed by atoms with van der Waals surface area (Å²) in [6, 6.07) is 0. The van der Waals surface area contributed by atoms with Gasteiger partial charge in [0, 0.05) is 22.8 Å². The largest absolute Gasteiger partial charge is 0.362 e. The van der Waals surface area contributed by atoms with Crippen LogP contribution in [0.5, 0.6) is 0 Å². The second-order valence-corrected chi connectivity index (χ2v) is 4.40. The zero-order chi connectivity index (χ0) is 9.26. The maximum absolute atomic E-state index is 6.06. The van der Waals surface area contributed by atoms with Crippen LogP contribution in [0.25, 0.3) is 0 Å². The lowest BCUT2D eigenvalue weighted by atomic mass is 10.0. The van der Waals surface area contributed by atoms with Gasteiger partial charge in [0.1, 0.15) is 5.50 Å². The summed E-state index contributed by atoms with van der Waals surface area (Å²) in [5.41, 5.74) is 1.28. The van der Waals surface area contributed by atoms with E-state index < -0.39 is 0 Å². The van der Waals surface area contributed by atoms with E-state index in [1.54, 1.807) is 0 Å². The molecule has 2 rings (SSSR count). The van der Waals surface area contributed by atoms with Crippen molar-refractivity contribution in [2.24, 2.45) is 5.92 Å². The Hall–Kier alpha value is -0.280. The Bertz CT molecular complexity index is 262. The van der Waals surface area contributed by atoms with Gasteiger partial charge < -0.3 is 10.6 Å². The highest BCUT2D eigenvalue weighted by atomic mass is 35.5. The normalized spacial score (nSPS) is 32.2. The van der Waals surface area contributed by atoms with Crippen LogP contribution >= 0.6 is 24.2 Å². The van der Waals surface area contributed by atoms with Gasteiger partial charge in [-0.3, -0.25) is 0 Å². The van der Waals surface area contributed by atoms with Crippen LogP contribution in [0.15, 0.2) is 23.0 Å². The van der Waals surface area contributed by atoms with Crippen LogP contribution in [0.3, 0.4) is 0 Å². The fourth-order valence-electron chi connectivity index (χ4n) is 1.75. The summed E-state index contributed by atoms with van der Waals surface area (Å²) in [7, 11) is 0. The first kappa shape index (κ1) is 9.28. The molecule has 1 aliphatic heterocycles. The number of allylic oxidation sites excluding steroid dienone is 3. The lowest BCUT2D eigenvalue weighted by Gasteiger charge is -2.12. The SMILES string of the molecule is SC1NC=C(CC2CCC=C2Cl)N1. The number of nitrogens with one attached hydrogen (secondary N) is 2. The summed E-state index contributed by atoms with van der Waals surface area (Å²) < 4.78 is 0. The first-order valence-corrected chi connectivity index (χ1v) is 5.40. The Kier molecular flexibility index (Phi) is 2.74. The average molecular weight is 217 g/mol. The molecule has 2 unspecified atom stereocenters. The van der Waals surface area contributed by atoms with Crippen LogP contribution in [-0.2, 0) is 0 Å². The van der Waals surface area contributed by atoms with Gasteiger partial charge in [-0.1, -0.05) is 17.7 Å². The molecule has 2 N–H and O–H groups in total. The van der Waals surface area contributed by atoms with Gasteiger partial charge in [-0.15, -0.1) is 12.6 Å². The molecule has 1 heterocycles. The molecule has 0 aromatic carbocycles. The second-order valence-electron chi connectivity index (χ2n) is 3.45. The summed E-state index contributed by atoms with van der Waals surface area (Å²) >= 11 is 10.3. The zero-order valence-electron chi connectivity index (χ0n) is 7.26. The smallest absolute Gasteiger partial charge is 0.142 e. The van der Waals surface area contributed by atoms with Gasteiger partial charge in [-0.25, -0.2) is 0 Å². The van der Waals surface area contributed by atoms with Gasteiger partial charge in [-0.2, -0.15) is 0 Å². The minimum Gasteiger partial charge on any atom is -0.362 e. The fraction of sp³-hybridized carbons (Fsp3) is 0.556. The Morgan fingerprint density at radius 1 is 1.62 bits per heavy atom. The molecule has 2 atom stereocenters. The van der Waals surface area contributed by atoms with Crippen molar-refractivity contribution in [3.63, 3.8) is 0 Å². The van der Waals surface area contributed by atoms with Crippen LogP contribution in [0.2, 0.25) is 0 Å². The highest BCUT2D eigenvalue weighted by Gasteiger charge is 2.21. The maximum Gasteiger partial charge on any atom is 0.142 e. The van der Waals surface area contributed by atoms with Gasteiger partial charge in [-0.05, 0) is 19.3 Å². The third-order valence-corrected chi connectivity index (χ3v) is 3.19. The van der Waals surface area contributed by atoms with Crippen molar-refractivity contribution in [1.29, 1.82) is 0 Å².